The first-order valence-electron chi connectivity index (χ1n) is 7.09. The zero-order valence-electron chi connectivity index (χ0n) is 11.8. The Balaban J connectivity index is 1.74. The third-order valence-electron chi connectivity index (χ3n) is 3.75. The number of benzene rings is 1. The van der Waals surface area contributed by atoms with Crippen LogP contribution in [0.2, 0.25) is 5.02 Å². The second-order valence-electron chi connectivity index (χ2n) is 5.28. The lowest BCUT2D eigenvalue weighted by atomic mass is 10.2. The second kappa shape index (κ2) is 7.73. The fourth-order valence-electron chi connectivity index (χ4n) is 2.56. The van der Waals surface area contributed by atoms with Crippen LogP contribution in [0.15, 0.2) is 24.3 Å². The Hall–Kier alpha value is -1.17. The van der Waals surface area contributed by atoms with Gasteiger partial charge in [-0.15, -0.1) is 0 Å². The number of hydrogen-bond donors (Lipinski definition) is 2. The van der Waals surface area contributed by atoms with Crippen molar-refractivity contribution in [1.82, 2.24) is 10.2 Å². The number of aliphatic hydroxyl groups excluding tert-OH is 1. The van der Waals surface area contributed by atoms with Crippen LogP contribution in [0.5, 0.6) is 0 Å². The summed E-state index contributed by atoms with van der Waals surface area (Å²) in [5, 5.41) is 12.6. The van der Waals surface area contributed by atoms with Gasteiger partial charge in [-0.25, -0.2) is 4.39 Å². The molecule has 6 heteroatoms. The minimum absolute atomic E-state index is 0.0678. The average molecular weight is 315 g/mol. The number of nitrogens with zero attached hydrogens (tertiary/aromatic N) is 1. The van der Waals surface area contributed by atoms with E-state index in [1.165, 1.54) is 0 Å². The van der Waals surface area contributed by atoms with E-state index in [1.807, 2.05) is 23.1 Å². The maximum atomic E-state index is 13.3. The molecule has 0 radical (unpaired) electrons. The average Bonchev–Trinajstić information content (AvgIpc) is 2.84. The first-order chi connectivity index (χ1) is 10.1. The van der Waals surface area contributed by atoms with Crippen molar-refractivity contribution in [3.8, 4) is 0 Å². The lowest BCUT2D eigenvalue weighted by molar-refractivity contribution is -0.121. The Morgan fingerprint density at radius 3 is 2.95 bits per heavy atom. The Labute approximate surface area is 128 Å². The highest BCUT2D eigenvalue weighted by molar-refractivity contribution is 6.31. The van der Waals surface area contributed by atoms with Gasteiger partial charge in [0.15, 0.2) is 0 Å². The third kappa shape index (κ3) is 4.66. The van der Waals surface area contributed by atoms with Crippen LogP contribution in [0.1, 0.15) is 18.4 Å². The summed E-state index contributed by atoms with van der Waals surface area (Å²) < 4.78 is 13.3. The van der Waals surface area contributed by atoms with E-state index < -0.39 is 6.17 Å². The molecule has 4 nitrogen and oxygen atoms in total. The first kappa shape index (κ1) is 16.2. The van der Waals surface area contributed by atoms with Crippen molar-refractivity contribution in [3.05, 3.63) is 34.9 Å². The lowest BCUT2D eigenvalue weighted by Crippen LogP contribution is -2.36. The van der Waals surface area contributed by atoms with Gasteiger partial charge in [-0.3, -0.25) is 9.69 Å². The van der Waals surface area contributed by atoms with Gasteiger partial charge in [-0.2, -0.15) is 0 Å². The minimum Gasteiger partial charge on any atom is -0.395 e. The molecule has 1 amide bonds. The minimum atomic E-state index is -0.909. The van der Waals surface area contributed by atoms with Crippen LogP contribution in [-0.2, 0) is 11.3 Å². The van der Waals surface area contributed by atoms with E-state index in [9.17, 15) is 14.3 Å². The summed E-state index contributed by atoms with van der Waals surface area (Å²) in [4.78, 5) is 13.7. The molecule has 0 unspecified atom stereocenters. The predicted octanol–water partition coefficient (Wildman–Crippen LogP) is 1.75. The fraction of sp³-hybridized carbons (Fsp3) is 0.533. The smallest absolute Gasteiger partial charge is 0.221 e. The van der Waals surface area contributed by atoms with E-state index in [2.05, 4.69) is 5.32 Å². The Kier molecular flexibility index (Phi) is 5.96. The molecule has 1 heterocycles. The van der Waals surface area contributed by atoms with Gasteiger partial charge in [0, 0.05) is 37.1 Å². The molecular formula is C15H20ClFN2O2. The van der Waals surface area contributed by atoms with Crippen molar-refractivity contribution < 1.29 is 14.3 Å². The van der Waals surface area contributed by atoms with Gasteiger partial charge < -0.3 is 10.4 Å². The number of halogens is 2. The number of rotatable bonds is 6. The van der Waals surface area contributed by atoms with Gasteiger partial charge >= 0.3 is 0 Å². The van der Waals surface area contributed by atoms with Crippen molar-refractivity contribution in [1.29, 1.82) is 0 Å². The zero-order valence-corrected chi connectivity index (χ0v) is 12.5. The molecule has 1 aromatic rings. The van der Waals surface area contributed by atoms with Crippen molar-refractivity contribution >= 4 is 17.5 Å². The van der Waals surface area contributed by atoms with Gasteiger partial charge in [0.25, 0.3) is 0 Å². The molecule has 2 N–H and O–H groups in total. The van der Waals surface area contributed by atoms with Crippen LogP contribution in [0.3, 0.4) is 0 Å². The number of nitrogens with one attached hydrogen (secondary N) is 1. The van der Waals surface area contributed by atoms with Crippen LogP contribution in [0.25, 0.3) is 0 Å². The van der Waals surface area contributed by atoms with Crippen molar-refractivity contribution in [2.45, 2.75) is 31.6 Å². The summed E-state index contributed by atoms with van der Waals surface area (Å²) in [7, 11) is 0. The number of carbonyl (C=O) groups excluding carboxylic acids is 1. The Morgan fingerprint density at radius 2 is 2.24 bits per heavy atom. The van der Waals surface area contributed by atoms with Crippen molar-refractivity contribution in [2.75, 3.05) is 19.7 Å². The number of amides is 1. The summed E-state index contributed by atoms with van der Waals surface area (Å²) >= 11 is 6.01. The summed E-state index contributed by atoms with van der Waals surface area (Å²) in [5.74, 6) is -0.103. The molecule has 0 bridgehead atoms. The third-order valence-corrected chi connectivity index (χ3v) is 4.12. The monoisotopic (exact) mass is 314 g/mol. The normalized spacial score (nSPS) is 22.4. The zero-order chi connectivity index (χ0) is 15.2. The number of alkyl halides is 1. The van der Waals surface area contributed by atoms with E-state index in [-0.39, 0.29) is 25.0 Å². The van der Waals surface area contributed by atoms with Gasteiger partial charge in [-0.1, -0.05) is 29.8 Å². The van der Waals surface area contributed by atoms with Gasteiger partial charge in [-0.05, 0) is 18.1 Å². The maximum Gasteiger partial charge on any atom is 0.221 e. The molecule has 1 saturated heterocycles. The molecule has 1 aromatic carbocycles. The van der Waals surface area contributed by atoms with Crippen LogP contribution in [-0.4, -0.2) is 47.8 Å². The number of hydrogen-bond acceptors (Lipinski definition) is 3. The predicted molar refractivity (Wildman–Crippen MR) is 79.9 cm³/mol. The molecular weight excluding hydrogens is 295 g/mol. The highest BCUT2D eigenvalue weighted by Crippen LogP contribution is 2.20. The summed E-state index contributed by atoms with van der Waals surface area (Å²) in [5.41, 5.74) is 0.866. The standard InChI is InChI=1S/C15H20ClFN2O2/c16-14-4-2-1-3-11(14)8-18-15(21)5-6-19-9-12(17)7-13(19)10-20/h1-4,12-13,20H,5-10H2,(H,18,21)/t12-,13-/m0/s1. The molecule has 1 aliphatic rings. The molecule has 1 fully saturated rings. The summed E-state index contributed by atoms with van der Waals surface area (Å²) in [6.07, 6.45) is -0.279. The molecule has 0 spiro atoms. The highest BCUT2D eigenvalue weighted by atomic mass is 35.5. The van der Waals surface area contributed by atoms with Crippen LogP contribution >= 0.6 is 11.6 Å². The number of aliphatic hydroxyl groups is 1. The van der Waals surface area contributed by atoms with Gasteiger partial charge in [0.2, 0.25) is 5.91 Å². The molecule has 21 heavy (non-hydrogen) atoms. The molecule has 0 aromatic heterocycles. The van der Waals surface area contributed by atoms with Gasteiger partial charge in [0.05, 0.1) is 6.61 Å². The molecule has 0 saturated carbocycles. The number of likely N-dealkylation sites (tertiary alicyclic amines) is 1. The van der Waals surface area contributed by atoms with Crippen LogP contribution in [0.4, 0.5) is 4.39 Å². The molecule has 1 aliphatic heterocycles. The lowest BCUT2D eigenvalue weighted by Gasteiger charge is -2.21. The largest absolute Gasteiger partial charge is 0.395 e. The Morgan fingerprint density at radius 1 is 1.48 bits per heavy atom. The van der Waals surface area contributed by atoms with E-state index in [0.29, 0.717) is 31.1 Å². The molecule has 0 aliphatic carbocycles. The maximum absolute atomic E-state index is 13.3. The second-order valence-corrected chi connectivity index (χ2v) is 5.69. The fourth-order valence-corrected chi connectivity index (χ4v) is 2.76. The van der Waals surface area contributed by atoms with E-state index in [4.69, 9.17) is 11.6 Å². The van der Waals surface area contributed by atoms with Crippen molar-refractivity contribution in [2.24, 2.45) is 0 Å². The highest BCUT2D eigenvalue weighted by Gasteiger charge is 2.31. The van der Waals surface area contributed by atoms with E-state index in [1.54, 1.807) is 6.07 Å². The van der Waals surface area contributed by atoms with E-state index >= 15 is 0 Å². The van der Waals surface area contributed by atoms with Crippen LogP contribution < -0.4 is 5.32 Å². The SMILES string of the molecule is O=C(CCN1C[C@@H](F)C[C@H]1CO)NCc1ccccc1Cl. The van der Waals surface area contributed by atoms with Crippen molar-refractivity contribution in [3.63, 3.8) is 0 Å². The summed E-state index contributed by atoms with van der Waals surface area (Å²) in [6.45, 7) is 1.07. The summed E-state index contributed by atoms with van der Waals surface area (Å²) in [6, 6.07) is 7.17. The van der Waals surface area contributed by atoms with E-state index in [0.717, 1.165) is 5.56 Å². The van der Waals surface area contributed by atoms with Gasteiger partial charge in [0.1, 0.15) is 6.17 Å². The molecule has 116 valence electrons. The topological polar surface area (TPSA) is 52.6 Å². The number of carbonyl (C=O) groups is 1. The first-order valence-corrected chi connectivity index (χ1v) is 7.47. The molecule has 2 rings (SSSR count). The quantitative estimate of drug-likeness (QED) is 0.841. The Bertz CT molecular complexity index is 486. The molecule has 2 atom stereocenters. The van der Waals surface area contributed by atoms with Crippen LogP contribution in [0, 0.1) is 0 Å².